The standard InChI is InChI=1S/C13H20N2/c1-10(2)11-7-8-15(9-11)13-5-3-12(14)4-6-13/h5,7-10,12H,3-4,6,14H2,1-2H3. The average Bonchev–Trinajstić information content (AvgIpc) is 2.68. The second kappa shape index (κ2) is 4.23. The van der Waals surface area contributed by atoms with Crippen LogP contribution in [-0.2, 0) is 0 Å². The lowest BCUT2D eigenvalue weighted by Gasteiger charge is -2.19. The zero-order valence-corrected chi connectivity index (χ0v) is 9.61. The number of hydrogen-bond acceptors (Lipinski definition) is 1. The van der Waals surface area contributed by atoms with E-state index in [9.17, 15) is 0 Å². The lowest BCUT2D eigenvalue weighted by atomic mass is 10.00. The Balaban J connectivity index is 2.16. The molecular weight excluding hydrogens is 184 g/mol. The van der Waals surface area contributed by atoms with Gasteiger partial charge in [-0.2, -0.15) is 0 Å². The SMILES string of the molecule is CC(C)c1ccn(C2=CCC(N)CC2)c1. The first-order valence-corrected chi connectivity index (χ1v) is 5.79. The van der Waals surface area contributed by atoms with Crippen molar-refractivity contribution in [2.45, 2.75) is 45.1 Å². The fraction of sp³-hybridized carbons (Fsp3) is 0.538. The molecule has 0 saturated carbocycles. The lowest BCUT2D eigenvalue weighted by Crippen LogP contribution is -2.22. The maximum absolute atomic E-state index is 5.87. The molecule has 0 radical (unpaired) electrons. The number of hydrogen-bond donors (Lipinski definition) is 1. The van der Waals surface area contributed by atoms with Crippen molar-refractivity contribution in [1.82, 2.24) is 4.57 Å². The number of rotatable bonds is 2. The van der Waals surface area contributed by atoms with Gasteiger partial charge < -0.3 is 10.3 Å². The third-order valence-corrected chi connectivity index (χ3v) is 3.14. The molecule has 0 fully saturated rings. The Labute approximate surface area is 91.8 Å². The molecule has 0 saturated heterocycles. The summed E-state index contributed by atoms with van der Waals surface area (Å²) in [5.74, 6) is 0.609. The highest BCUT2D eigenvalue weighted by Gasteiger charge is 2.12. The summed E-state index contributed by atoms with van der Waals surface area (Å²) in [5.41, 5.74) is 8.69. The van der Waals surface area contributed by atoms with E-state index in [1.54, 1.807) is 0 Å². The highest BCUT2D eigenvalue weighted by atomic mass is 15.0. The summed E-state index contributed by atoms with van der Waals surface area (Å²) >= 11 is 0. The Morgan fingerprint density at radius 3 is 2.80 bits per heavy atom. The monoisotopic (exact) mass is 204 g/mol. The van der Waals surface area contributed by atoms with Gasteiger partial charge in [0.2, 0.25) is 0 Å². The molecule has 0 aromatic carbocycles. The number of aromatic nitrogens is 1. The first-order chi connectivity index (χ1) is 7.16. The minimum absolute atomic E-state index is 0.369. The molecule has 0 spiro atoms. The zero-order valence-electron chi connectivity index (χ0n) is 9.61. The zero-order chi connectivity index (χ0) is 10.8. The van der Waals surface area contributed by atoms with Gasteiger partial charge in [0.15, 0.2) is 0 Å². The van der Waals surface area contributed by atoms with Gasteiger partial charge in [-0.15, -0.1) is 0 Å². The van der Waals surface area contributed by atoms with E-state index in [2.05, 4.69) is 43.0 Å². The molecule has 2 heteroatoms. The van der Waals surface area contributed by atoms with E-state index >= 15 is 0 Å². The Morgan fingerprint density at radius 2 is 2.27 bits per heavy atom. The quantitative estimate of drug-likeness (QED) is 0.789. The van der Waals surface area contributed by atoms with Crippen LogP contribution in [0.1, 0.15) is 44.6 Å². The normalized spacial score (nSPS) is 21.9. The van der Waals surface area contributed by atoms with Gasteiger partial charge in [0.25, 0.3) is 0 Å². The molecule has 0 amide bonds. The molecule has 1 aromatic rings. The summed E-state index contributed by atoms with van der Waals surface area (Å²) in [6.07, 6.45) is 9.92. The first-order valence-electron chi connectivity index (χ1n) is 5.79. The van der Waals surface area contributed by atoms with Gasteiger partial charge >= 0.3 is 0 Å². The molecule has 1 atom stereocenters. The Kier molecular flexibility index (Phi) is 2.96. The molecule has 1 heterocycles. The van der Waals surface area contributed by atoms with E-state index in [1.807, 2.05) is 0 Å². The van der Waals surface area contributed by atoms with E-state index in [4.69, 9.17) is 5.73 Å². The summed E-state index contributed by atoms with van der Waals surface area (Å²) in [6.45, 7) is 4.45. The fourth-order valence-corrected chi connectivity index (χ4v) is 2.01. The van der Waals surface area contributed by atoms with Crippen LogP contribution in [0.15, 0.2) is 24.5 Å². The number of allylic oxidation sites excluding steroid dienone is 1. The highest BCUT2D eigenvalue weighted by Crippen LogP contribution is 2.23. The van der Waals surface area contributed by atoms with Gasteiger partial charge in [0.1, 0.15) is 0 Å². The number of nitrogens with zero attached hydrogens (tertiary/aromatic N) is 1. The van der Waals surface area contributed by atoms with Gasteiger partial charge in [-0.1, -0.05) is 19.9 Å². The van der Waals surface area contributed by atoms with Crippen molar-refractivity contribution in [2.75, 3.05) is 0 Å². The molecule has 0 bridgehead atoms. The highest BCUT2D eigenvalue weighted by molar-refractivity contribution is 5.47. The molecule has 15 heavy (non-hydrogen) atoms. The summed E-state index contributed by atoms with van der Waals surface area (Å²) in [5, 5.41) is 0. The minimum atomic E-state index is 0.369. The molecular formula is C13H20N2. The molecule has 2 nitrogen and oxygen atoms in total. The largest absolute Gasteiger partial charge is 0.328 e. The van der Waals surface area contributed by atoms with Crippen LogP contribution < -0.4 is 5.73 Å². The predicted octanol–water partition coefficient (Wildman–Crippen LogP) is 2.96. The van der Waals surface area contributed by atoms with Crippen molar-refractivity contribution < 1.29 is 0 Å². The van der Waals surface area contributed by atoms with Crippen LogP contribution >= 0.6 is 0 Å². The minimum Gasteiger partial charge on any atom is -0.328 e. The van der Waals surface area contributed by atoms with Crippen LogP contribution in [0.25, 0.3) is 5.70 Å². The summed E-state index contributed by atoms with van der Waals surface area (Å²) < 4.78 is 2.25. The maximum Gasteiger partial charge on any atom is 0.0181 e. The van der Waals surface area contributed by atoms with E-state index in [-0.39, 0.29) is 0 Å². The van der Waals surface area contributed by atoms with Crippen LogP contribution in [0, 0.1) is 0 Å². The summed E-state index contributed by atoms with van der Waals surface area (Å²) in [7, 11) is 0. The summed E-state index contributed by atoms with van der Waals surface area (Å²) in [6, 6.07) is 2.58. The van der Waals surface area contributed by atoms with Crippen molar-refractivity contribution in [1.29, 1.82) is 0 Å². The second-order valence-corrected chi connectivity index (χ2v) is 4.74. The van der Waals surface area contributed by atoms with Crippen LogP contribution in [0.3, 0.4) is 0 Å². The smallest absolute Gasteiger partial charge is 0.0181 e. The van der Waals surface area contributed by atoms with Crippen LogP contribution in [0.2, 0.25) is 0 Å². The van der Waals surface area contributed by atoms with Gasteiger partial charge in [0, 0.05) is 24.1 Å². The average molecular weight is 204 g/mol. The molecule has 2 rings (SSSR count). The van der Waals surface area contributed by atoms with Crippen molar-refractivity contribution in [2.24, 2.45) is 5.73 Å². The molecule has 82 valence electrons. The van der Waals surface area contributed by atoms with E-state index in [0.29, 0.717) is 12.0 Å². The van der Waals surface area contributed by atoms with E-state index in [0.717, 1.165) is 19.3 Å². The van der Waals surface area contributed by atoms with Crippen molar-refractivity contribution in [3.05, 3.63) is 30.1 Å². The van der Waals surface area contributed by atoms with Crippen molar-refractivity contribution in [3.63, 3.8) is 0 Å². The van der Waals surface area contributed by atoms with Crippen molar-refractivity contribution in [3.8, 4) is 0 Å². The van der Waals surface area contributed by atoms with Gasteiger partial charge in [-0.3, -0.25) is 0 Å². The van der Waals surface area contributed by atoms with Gasteiger partial charge in [0.05, 0.1) is 0 Å². The fourth-order valence-electron chi connectivity index (χ4n) is 2.01. The Hall–Kier alpha value is -1.02. The molecule has 1 aliphatic carbocycles. The van der Waals surface area contributed by atoms with Crippen molar-refractivity contribution >= 4 is 5.70 Å². The molecule has 0 aliphatic heterocycles. The van der Waals surface area contributed by atoms with Gasteiger partial charge in [-0.25, -0.2) is 0 Å². The van der Waals surface area contributed by atoms with Gasteiger partial charge in [-0.05, 0) is 36.8 Å². The second-order valence-electron chi connectivity index (χ2n) is 4.74. The molecule has 2 N–H and O–H groups in total. The third kappa shape index (κ3) is 2.32. The Morgan fingerprint density at radius 1 is 1.47 bits per heavy atom. The predicted molar refractivity (Wildman–Crippen MR) is 64.6 cm³/mol. The molecule has 1 unspecified atom stereocenters. The number of nitrogens with two attached hydrogens (primary N) is 1. The van der Waals surface area contributed by atoms with Crippen LogP contribution in [0.4, 0.5) is 0 Å². The molecule has 1 aliphatic rings. The maximum atomic E-state index is 5.87. The van der Waals surface area contributed by atoms with E-state index < -0.39 is 0 Å². The first kappa shape index (κ1) is 10.5. The summed E-state index contributed by atoms with van der Waals surface area (Å²) in [4.78, 5) is 0. The van der Waals surface area contributed by atoms with Crippen LogP contribution in [0.5, 0.6) is 0 Å². The third-order valence-electron chi connectivity index (χ3n) is 3.14. The Bertz CT molecular complexity index is 360. The lowest BCUT2D eigenvalue weighted by molar-refractivity contribution is 0.603. The van der Waals surface area contributed by atoms with Crippen LogP contribution in [-0.4, -0.2) is 10.6 Å². The van der Waals surface area contributed by atoms with E-state index in [1.165, 1.54) is 11.3 Å². The molecule has 1 aromatic heterocycles. The topological polar surface area (TPSA) is 30.9 Å².